The van der Waals surface area contributed by atoms with Crippen LogP contribution in [-0.2, 0) is 4.79 Å². The topological polar surface area (TPSA) is 50.8 Å². The maximum absolute atomic E-state index is 12.8. The third-order valence-electron chi connectivity index (χ3n) is 5.15. The molecule has 0 saturated carbocycles. The van der Waals surface area contributed by atoms with Crippen molar-refractivity contribution in [2.45, 2.75) is 32.7 Å². The molecule has 5 heteroatoms. The highest BCUT2D eigenvalue weighted by molar-refractivity contribution is 5.95. The molecule has 0 aliphatic carbocycles. The van der Waals surface area contributed by atoms with Crippen LogP contribution in [0.2, 0.25) is 0 Å². The maximum Gasteiger partial charge on any atom is 0.241 e. The van der Waals surface area contributed by atoms with E-state index in [2.05, 4.69) is 10.2 Å². The van der Waals surface area contributed by atoms with E-state index in [-0.39, 0.29) is 11.9 Å². The van der Waals surface area contributed by atoms with Crippen molar-refractivity contribution in [3.05, 3.63) is 54.6 Å². The highest BCUT2D eigenvalue weighted by Gasteiger charge is 2.28. The van der Waals surface area contributed by atoms with E-state index >= 15 is 0 Å². The van der Waals surface area contributed by atoms with E-state index in [0.29, 0.717) is 24.9 Å². The van der Waals surface area contributed by atoms with Crippen LogP contribution in [0.5, 0.6) is 11.5 Å². The van der Waals surface area contributed by atoms with Crippen LogP contribution in [0.3, 0.4) is 0 Å². The van der Waals surface area contributed by atoms with E-state index in [1.807, 2.05) is 68.4 Å². The Morgan fingerprint density at radius 2 is 1.89 bits per heavy atom. The summed E-state index contributed by atoms with van der Waals surface area (Å²) in [5.74, 6) is 2.04. The zero-order chi connectivity index (χ0) is 19.8. The van der Waals surface area contributed by atoms with E-state index in [0.717, 1.165) is 37.4 Å². The lowest BCUT2D eigenvalue weighted by atomic mass is 9.97. The zero-order valence-corrected chi connectivity index (χ0v) is 16.8. The summed E-state index contributed by atoms with van der Waals surface area (Å²) >= 11 is 0. The summed E-state index contributed by atoms with van der Waals surface area (Å²) < 4.78 is 11.5. The second-order valence-corrected chi connectivity index (χ2v) is 7.22. The number of rotatable bonds is 8. The van der Waals surface area contributed by atoms with Crippen molar-refractivity contribution in [3.8, 4) is 11.5 Å². The van der Waals surface area contributed by atoms with Gasteiger partial charge in [-0.25, -0.2) is 0 Å². The molecule has 28 heavy (non-hydrogen) atoms. The number of amides is 1. The summed E-state index contributed by atoms with van der Waals surface area (Å²) in [5.41, 5.74) is 0.724. The van der Waals surface area contributed by atoms with E-state index in [9.17, 15) is 4.79 Å². The molecule has 2 unspecified atom stereocenters. The second kappa shape index (κ2) is 10.1. The normalized spacial score (nSPS) is 18.3. The Labute approximate surface area is 167 Å². The number of benzene rings is 2. The molecule has 3 rings (SSSR count). The third kappa shape index (κ3) is 5.49. The summed E-state index contributed by atoms with van der Waals surface area (Å²) in [6, 6.07) is 17.3. The van der Waals surface area contributed by atoms with Crippen LogP contribution in [0, 0.1) is 5.92 Å². The molecule has 0 aromatic heterocycles. The number of likely N-dealkylation sites (tertiary alicyclic amines) is 1. The Bertz CT molecular complexity index is 751. The standard InChI is InChI=1S/C23H30N2O3/c1-3-27-22-14-8-7-13-21(22)24-23(26)18(2)25-15-9-10-19(16-25)17-28-20-11-5-4-6-12-20/h4-8,11-14,18-19H,3,9-10,15-17H2,1-2H3,(H,24,26). The molecule has 0 radical (unpaired) electrons. The third-order valence-corrected chi connectivity index (χ3v) is 5.15. The Kier molecular flexibility index (Phi) is 7.31. The van der Waals surface area contributed by atoms with Crippen molar-refractivity contribution in [3.63, 3.8) is 0 Å². The van der Waals surface area contributed by atoms with Gasteiger partial charge in [-0.15, -0.1) is 0 Å². The molecule has 0 spiro atoms. The number of carbonyl (C=O) groups is 1. The summed E-state index contributed by atoms with van der Waals surface area (Å²) in [6.45, 7) is 6.96. The number of nitrogens with zero attached hydrogens (tertiary/aromatic N) is 1. The van der Waals surface area contributed by atoms with E-state index < -0.39 is 0 Å². The van der Waals surface area contributed by atoms with Crippen LogP contribution in [0.1, 0.15) is 26.7 Å². The minimum Gasteiger partial charge on any atom is -0.493 e. The van der Waals surface area contributed by atoms with Crippen LogP contribution in [0.15, 0.2) is 54.6 Å². The van der Waals surface area contributed by atoms with Crippen molar-refractivity contribution in [1.29, 1.82) is 0 Å². The maximum atomic E-state index is 12.8. The molecule has 2 aromatic carbocycles. The van der Waals surface area contributed by atoms with Gasteiger partial charge >= 0.3 is 0 Å². The second-order valence-electron chi connectivity index (χ2n) is 7.22. The summed E-state index contributed by atoms with van der Waals surface area (Å²) in [4.78, 5) is 15.1. The first kappa shape index (κ1) is 20.2. The minimum absolute atomic E-state index is 0.00298. The first-order valence-corrected chi connectivity index (χ1v) is 10.1. The lowest BCUT2D eigenvalue weighted by Crippen LogP contribution is -2.48. The number of piperidine rings is 1. The molecule has 5 nitrogen and oxygen atoms in total. The fourth-order valence-electron chi connectivity index (χ4n) is 3.57. The van der Waals surface area contributed by atoms with Gasteiger partial charge in [-0.2, -0.15) is 0 Å². The molecule has 1 heterocycles. The summed E-state index contributed by atoms with van der Waals surface area (Å²) in [7, 11) is 0. The van der Waals surface area contributed by atoms with Crippen LogP contribution in [0.25, 0.3) is 0 Å². The molecule has 1 amide bonds. The molecule has 1 fully saturated rings. The molecule has 1 saturated heterocycles. The molecular weight excluding hydrogens is 352 g/mol. The van der Waals surface area contributed by atoms with Crippen molar-refractivity contribution in [1.82, 2.24) is 4.90 Å². The summed E-state index contributed by atoms with van der Waals surface area (Å²) in [5, 5.41) is 3.03. The highest BCUT2D eigenvalue weighted by atomic mass is 16.5. The molecule has 2 atom stereocenters. The molecule has 1 aliphatic rings. The lowest BCUT2D eigenvalue weighted by Gasteiger charge is -2.36. The van der Waals surface area contributed by atoms with Gasteiger partial charge in [-0.1, -0.05) is 30.3 Å². The molecule has 0 bridgehead atoms. The van der Waals surface area contributed by atoms with Crippen molar-refractivity contribution in [2.75, 3.05) is 31.6 Å². The molecule has 1 aliphatic heterocycles. The van der Waals surface area contributed by atoms with Crippen molar-refractivity contribution >= 4 is 11.6 Å². The van der Waals surface area contributed by atoms with Crippen LogP contribution >= 0.6 is 0 Å². The van der Waals surface area contributed by atoms with Gasteiger partial charge in [0.15, 0.2) is 0 Å². The number of carbonyl (C=O) groups excluding carboxylic acids is 1. The number of anilines is 1. The van der Waals surface area contributed by atoms with Gasteiger partial charge in [0.05, 0.1) is 24.9 Å². The highest BCUT2D eigenvalue weighted by Crippen LogP contribution is 2.25. The fourth-order valence-corrected chi connectivity index (χ4v) is 3.57. The smallest absolute Gasteiger partial charge is 0.241 e. The summed E-state index contributed by atoms with van der Waals surface area (Å²) in [6.07, 6.45) is 2.21. The average molecular weight is 383 g/mol. The van der Waals surface area contributed by atoms with Crippen molar-refractivity contribution in [2.24, 2.45) is 5.92 Å². The van der Waals surface area contributed by atoms with Crippen molar-refractivity contribution < 1.29 is 14.3 Å². The SMILES string of the molecule is CCOc1ccccc1NC(=O)C(C)N1CCCC(COc2ccccc2)C1. The first-order valence-electron chi connectivity index (χ1n) is 10.1. The Hall–Kier alpha value is -2.53. The minimum atomic E-state index is -0.200. The molecule has 1 N–H and O–H groups in total. The monoisotopic (exact) mass is 382 g/mol. The Morgan fingerprint density at radius 1 is 1.14 bits per heavy atom. The van der Waals surface area contributed by atoms with Gasteiger partial charge in [0.25, 0.3) is 0 Å². The number of para-hydroxylation sites is 3. The van der Waals surface area contributed by atoms with Gasteiger partial charge < -0.3 is 14.8 Å². The average Bonchev–Trinajstić information content (AvgIpc) is 2.74. The molecule has 2 aromatic rings. The predicted molar refractivity (Wildman–Crippen MR) is 112 cm³/mol. The Balaban J connectivity index is 1.54. The quantitative estimate of drug-likeness (QED) is 0.743. The fraction of sp³-hybridized carbons (Fsp3) is 0.435. The van der Waals surface area contributed by atoms with Gasteiger partial charge in [0.2, 0.25) is 5.91 Å². The number of ether oxygens (including phenoxy) is 2. The first-order chi connectivity index (χ1) is 13.7. The lowest BCUT2D eigenvalue weighted by molar-refractivity contribution is -0.121. The number of nitrogens with one attached hydrogen (secondary N) is 1. The zero-order valence-electron chi connectivity index (χ0n) is 16.8. The van der Waals surface area contributed by atoms with E-state index in [4.69, 9.17) is 9.47 Å². The van der Waals surface area contributed by atoms with Crippen LogP contribution < -0.4 is 14.8 Å². The molecule has 150 valence electrons. The van der Waals surface area contributed by atoms with Gasteiger partial charge in [0, 0.05) is 12.5 Å². The number of hydrogen-bond acceptors (Lipinski definition) is 4. The van der Waals surface area contributed by atoms with Gasteiger partial charge in [-0.05, 0) is 57.5 Å². The molecular formula is C23H30N2O3. The predicted octanol–water partition coefficient (Wildman–Crippen LogP) is 4.20. The van der Waals surface area contributed by atoms with E-state index in [1.54, 1.807) is 0 Å². The van der Waals surface area contributed by atoms with Crippen LogP contribution in [-0.4, -0.2) is 43.2 Å². The van der Waals surface area contributed by atoms with Crippen LogP contribution in [0.4, 0.5) is 5.69 Å². The van der Waals surface area contributed by atoms with Gasteiger partial charge in [-0.3, -0.25) is 9.69 Å². The Morgan fingerprint density at radius 3 is 2.68 bits per heavy atom. The van der Waals surface area contributed by atoms with Gasteiger partial charge in [0.1, 0.15) is 11.5 Å². The number of hydrogen-bond donors (Lipinski definition) is 1. The largest absolute Gasteiger partial charge is 0.493 e. The van der Waals surface area contributed by atoms with E-state index in [1.165, 1.54) is 0 Å².